The Morgan fingerprint density at radius 1 is 0.191 bits per heavy atom. The minimum atomic E-state index is 0.651. The molecule has 6 aromatic rings. The molecule has 0 nitrogen and oxygen atoms in total. The second-order valence-corrected chi connectivity index (χ2v) is 25.4. The van der Waals surface area contributed by atoms with Crippen LogP contribution in [0.5, 0.6) is 0 Å². The van der Waals surface area contributed by atoms with Crippen molar-refractivity contribution in [1.82, 2.24) is 0 Å². The van der Waals surface area contributed by atoms with Crippen LogP contribution >= 0.6 is 0 Å². The second-order valence-electron chi connectivity index (χ2n) is 25.4. The molecule has 0 spiro atoms. The third-order valence-electron chi connectivity index (χ3n) is 17.5. The van der Waals surface area contributed by atoms with E-state index in [2.05, 4.69) is 242 Å². The molecule has 0 N–H and O–H groups in total. The lowest BCUT2D eigenvalue weighted by molar-refractivity contribution is 0.575. The van der Waals surface area contributed by atoms with Crippen molar-refractivity contribution in [2.75, 3.05) is 0 Å². The number of hydrogen-bond acceptors (Lipinski definition) is 0. The van der Waals surface area contributed by atoms with Crippen molar-refractivity contribution in [1.29, 1.82) is 0 Å². The van der Waals surface area contributed by atoms with Gasteiger partial charge in [0.2, 0.25) is 0 Å². The molecule has 1 aliphatic carbocycles. The first-order valence-corrected chi connectivity index (χ1v) is 36.3. The molecule has 0 heterocycles. The Labute approximate surface area is 567 Å². The molecule has 0 radical (unpaired) electrons. The summed E-state index contributed by atoms with van der Waals surface area (Å²) in [6.07, 6.45) is 44.9. The molecule has 1 aliphatic rings. The minimum Gasteiger partial charge on any atom is -0.0654 e. The molecule has 0 fully saturated rings. The van der Waals surface area contributed by atoms with Gasteiger partial charge in [0.15, 0.2) is 0 Å². The van der Waals surface area contributed by atoms with Crippen LogP contribution in [0.2, 0.25) is 0 Å². The molecular formula is C94H98. The maximum atomic E-state index is 3.40. The van der Waals surface area contributed by atoms with Gasteiger partial charge in [-0.15, -0.1) is 0 Å². The molecule has 7 rings (SSSR count). The molecule has 474 valence electrons. The first-order valence-electron chi connectivity index (χ1n) is 36.3. The molecule has 94 heavy (non-hydrogen) atoms. The van der Waals surface area contributed by atoms with Gasteiger partial charge in [0.1, 0.15) is 0 Å². The maximum absolute atomic E-state index is 3.40. The third kappa shape index (κ3) is 28.0. The highest BCUT2D eigenvalue weighted by molar-refractivity contribution is 5.81. The van der Waals surface area contributed by atoms with E-state index < -0.39 is 0 Å². The zero-order valence-electron chi connectivity index (χ0n) is 57.5. The first-order chi connectivity index (χ1) is 46.5. The van der Waals surface area contributed by atoms with E-state index in [-0.39, 0.29) is 0 Å². The van der Waals surface area contributed by atoms with Gasteiger partial charge in [-0.25, -0.2) is 0 Å². The molecular weight excluding hydrogens is 1130 g/mol. The zero-order valence-corrected chi connectivity index (χ0v) is 57.5. The fraction of sp³-hybridized carbons (Fsp3) is 0.426. The summed E-state index contributed by atoms with van der Waals surface area (Å²) in [4.78, 5) is 0. The predicted octanol–water partition coefficient (Wildman–Crippen LogP) is 20.1. The average Bonchev–Trinajstić information content (AvgIpc) is 0.908. The summed E-state index contributed by atoms with van der Waals surface area (Å²) in [7, 11) is 0. The van der Waals surface area contributed by atoms with Crippen molar-refractivity contribution in [2.24, 2.45) is 0 Å². The van der Waals surface area contributed by atoms with E-state index in [4.69, 9.17) is 0 Å². The van der Waals surface area contributed by atoms with E-state index in [1.165, 1.54) is 202 Å². The number of benzene rings is 5. The third-order valence-corrected chi connectivity index (χ3v) is 17.5. The largest absolute Gasteiger partial charge is 0.0654 e. The molecule has 0 aromatic heterocycles. The normalized spacial score (nSPS) is 10.5. The highest BCUT2D eigenvalue weighted by atomic mass is 14.1. The van der Waals surface area contributed by atoms with Crippen molar-refractivity contribution in [3.8, 4) is 0 Å². The van der Waals surface area contributed by atoms with Crippen molar-refractivity contribution in [3.05, 3.63) is 246 Å². The van der Waals surface area contributed by atoms with Crippen LogP contribution in [0.25, 0.3) is 66.7 Å². The molecule has 0 amide bonds. The second kappa shape index (κ2) is 45.2. The number of unbranched alkanes of at least 4 members (excludes halogenated alkanes) is 28. The molecule has 0 saturated carbocycles. The smallest absolute Gasteiger partial charge is 0.0425 e. The van der Waals surface area contributed by atoms with Gasteiger partial charge in [0.25, 0.3) is 0 Å². The Morgan fingerprint density at radius 2 is 0.404 bits per heavy atom. The van der Waals surface area contributed by atoms with Crippen molar-refractivity contribution >= 4 is 66.7 Å². The van der Waals surface area contributed by atoms with Crippen molar-refractivity contribution in [3.63, 3.8) is 0 Å². The van der Waals surface area contributed by atoms with Crippen molar-refractivity contribution in [2.45, 2.75) is 259 Å². The van der Waals surface area contributed by atoms with Gasteiger partial charge >= 0.3 is 0 Å². The van der Waals surface area contributed by atoms with E-state index in [1.807, 2.05) is 12.1 Å². The molecule has 0 saturated heterocycles. The highest BCUT2D eigenvalue weighted by Crippen LogP contribution is 2.18. The standard InChI is InChI=1S/C94H98/c1-5-9-13-17-21-25-29-33-49-79-65-69-83-53-37-41-61-91-77-93-63-43-39-55-85-71-67-81(51-35-31-27-23-19-15-11-7-3)75-89(85)59-47-48-60-90-76-82(52-36-32-28-24-20-16-12-8-4)68-72-86(90)56-40-44-64-94(93)78-92(91)62-42-38-54-84-70-66-80(50-34-30-26-22-18-14-10-6-2)74-88(84)58-46-45-57-87(83)73-79/h65-78H,5-36,49-52H2,1-4H3. The van der Waals surface area contributed by atoms with Gasteiger partial charge in [-0.3, -0.25) is 0 Å². The van der Waals surface area contributed by atoms with E-state index in [9.17, 15) is 0 Å². The van der Waals surface area contributed by atoms with Crippen LogP contribution in [0.4, 0.5) is 0 Å². The fourth-order valence-corrected chi connectivity index (χ4v) is 11.9. The van der Waals surface area contributed by atoms with Crippen LogP contribution in [-0.2, 0) is 25.7 Å². The predicted molar refractivity (Wildman–Crippen MR) is 395 cm³/mol. The molecule has 0 atom stereocenters. The Balaban J connectivity index is 1.40. The zero-order chi connectivity index (χ0) is 65.6. The molecule has 6 aromatic carbocycles. The average molecular weight is 1230 g/mol. The van der Waals surface area contributed by atoms with E-state index >= 15 is 0 Å². The summed E-state index contributed by atoms with van der Waals surface area (Å²) in [5.74, 6) is 0. The van der Waals surface area contributed by atoms with Crippen LogP contribution in [0.3, 0.4) is 0 Å². The van der Waals surface area contributed by atoms with Crippen LogP contribution in [0.1, 0.15) is 255 Å². The van der Waals surface area contributed by atoms with Gasteiger partial charge in [0, 0.05) is 63.6 Å². The summed E-state index contributed by atoms with van der Waals surface area (Å²) in [6, 6.07) is 69.1. The number of aryl methyl sites for hydroxylation is 4. The van der Waals surface area contributed by atoms with E-state index in [0.29, 0.717) is 21.2 Å². The van der Waals surface area contributed by atoms with Gasteiger partial charge in [-0.2, -0.15) is 0 Å². The summed E-state index contributed by atoms with van der Waals surface area (Å²) in [5, 5.41) is 9.25. The Kier molecular flexibility index (Phi) is 34.7. The first kappa shape index (κ1) is 72.2. The van der Waals surface area contributed by atoms with Gasteiger partial charge in [-0.05, 0) is 205 Å². The van der Waals surface area contributed by atoms with E-state index in [0.717, 1.165) is 93.8 Å². The number of fused-ring (bicyclic) bond motifs is 6. The molecule has 0 aliphatic heterocycles. The Hall–Kier alpha value is -9.18. The number of hydrogen-bond donors (Lipinski definition) is 0. The topological polar surface area (TPSA) is 0 Å². The van der Waals surface area contributed by atoms with Crippen LogP contribution in [0.15, 0.2) is 119 Å². The maximum Gasteiger partial charge on any atom is 0.0425 e. The number of rotatable bonds is 36. The lowest BCUT2D eigenvalue weighted by atomic mass is 10.0. The lowest BCUT2D eigenvalue weighted by Gasteiger charge is -2.03. The van der Waals surface area contributed by atoms with Gasteiger partial charge in [-0.1, -0.05) is 303 Å². The summed E-state index contributed by atoms with van der Waals surface area (Å²) < 4.78 is 0. The fourth-order valence-electron chi connectivity index (χ4n) is 11.9. The summed E-state index contributed by atoms with van der Waals surface area (Å²) >= 11 is 0. The van der Waals surface area contributed by atoms with Crippen LogP contribution in [-0.4, -0.2) is 0 Å². The molecule has 0 bridgehead atoms. The Bertz CT molecular complexity index is 4090. The van der Waals surface area contributed by atoms with Crippen LogP contribution in [0, 0.1) is 72.8 Å². The minimum absolute atomic E-state index is 0.651. The molecule has 0 unspecified atom stereocenters. The summed E-state index contributed by atoms with van der Waals surface area (Å²) in [5.41, 5.74) is 44.3. The van der Waals surface area contributed by atoms with Crippen LogP contribution < -0.4 is 31.3 Å². The summed E-state index contributed by atoms with van der Waals surface area (Å²) in [6.45, 7) is 9.10. The van der Waals surface area contributed by atoms with E-state index in [1.54, 1.807) is 0 Å². The monoisotopic (exact) mass is 1230 g/mol. The quantitative estimate of drug-likeness (QED) is 0.0271. The van der Waals surface area contributed by atoms with Gasteiger partial charge in [0.05, 0.1) is 0 Å². The SMILES string of the molecule is CCCCCCCCCCc1ccc2c(c1)=C=C=C=C=c1cc(CCCCCCCCCC)ccc1=C=C=C=C=c1cc3c#cc#cc4ccc(CCCCCCCCCC)cc4c#cc#cc4cc(CCCCCCCCCC)ccc4c#cc#cc3cc1=C=C=C=C=2. The highest BCUT2D eigenvalue weighted by Gasteiger charge is 2.02. The van der Waals surface area contributed by atoms with Gasteiger partial charge < -0.3 is 0 Å². The lowest BCUT2D eigenvalue weighted by Crippen LogP contribution is -2.22. The molecule has 0 heteroatoms. The Morgan fingerprint density at radius 3 is 0.691 bits per heavy atom. The van der Waals surface area contributed by atoms with Crippen molar-refractivity contribution < 1.29 is 0 Å².